The molecule has 2 aromatic carbocycles. The van der Waals surface area contributed by atoms with E-state index < -0.39 is 0 Å². The predicted molar refractivity (Wildman–Crippen MR) is 109 cm³/mol. The number of nitrogens with one attached hydrogen (secondary N) is 2. The van der Waals surface area contributed by atoms with Gasteiger partial charge < -0.3 is 20.1 Å². The van der Waals surface area contributed by atoms with Gasteiger partial charge in [0.15, 0.2) is 11.5 Å². The van der Waals surface area contributed by atoms with Gasteiger partial charge in [-0.3, -0.25) is 9.78 Å². The Hall–Kier alpha value is -3.54. The van der Waals surface area contributed by atoms with Gasteiger partial charge in [0.2, 0.25) is 6.79 Å². The number of hydrogen-bond acceptors (Lipinski definition) is 5. The maximum atomic E-state index is 12.6. The van der Waals surface area contributed by atoms with Crippen LogP contribution in [0.4, 0.5) is 17.1 Å². The third-order valence-corrected chi connectivity index (χ3v) is 4.49. The number of anilines is 3. The largest absolute Gasteiger partial charge is 0.454 e. The fourth-order valence-corrected chi connectivity index (χ4v) is 2.92. The van der Waals surface area contributed by atoms with Crippen LogP contribution in [0.25, 0.3) is 0 Å². The minimum absolute atomic E-state index is 0.233. The number of pyridine rings is 1. The molecular weight excluding hydrogens is 354 g/mol. The van der Waals surface area contributed by atoms with Crippen LogP contribution in [-0.4, -0.2) is 17.7 Å². The molecule has 0 fully saturated rings. The number of ether oxygens (including phenoxy) is 2. The zero-order valence-electron chi connectivity index (χ0n) is 15.7. The average Bonchev–Trinajstić information content (AvgIpc) is 3.16. The maximum absolute atomic E-state index is 12.6. The van der Waals surface area contributed by atoms with Gasteiger partial charge in [0.25, 0.3) is 5.91 Å². The first-order valence-corrected chi connectivity index (χ1v) is 9.12. The summed E-state index contributed by atoms with van der Waals surface area (Å²) in [6, 6.07) is 17.0. The molecule has 28 heavy (non-hydrogen) atoms. The molecule has 1 aliphatic heterocycles. The summed E-state index contributed by atoms with van der Waals surface area (Å²) in [6.07, 6.45) is 1.60. The lowest BCUT2D eigenvalue weighted by Crippen LogP contribution is -2.13. The van der Waals surface area contributed by atoms with E-state index in [1.165, 1.54) is 5.56 Å². The fourth-order valence-electron chi connectivity index (χ4n) is 2.92. The summed E-state index contributed by atoms with van der Waals surface area (Å²) in [5.41, 5.74) is 3.90. The fraction of sp³-hybridized carbons (Fsp3) is 0.182. The number of amides is 1. The van der Waals surface area contributed by atoms with Gasteiger partial charge in [-0.2, -0.15) is 0 Å². The minimum Gasteiger partial charge on any atom is -0.454 e. The summed E-state index contributed by atoms with van der Waals surface area (Å²) < 4.78 is 10.7. The van der Waals surface area contributed by atoms with E-state index in [1.807, 2.05) is 42.5 Å². The smallest absolute Gasteiger partial charge is 0.274 e. The Morgan fingerprint density at radius 1 is 0.929 bits per heavy atom. The molecule has 0 unspecified atom stereocenters. The number of carbonyl (C=O) groups is 1. The van der Waals surface area contributed by atoms with Gasteiger partial charge in [0.1, 0.15) is 5.69 Å². The number of fused-ring (bicyclic) bond motifs is 1. The molecule has 1 aromatic heterocycles. The van der Waals surface area contributed by atoms with Gasteiger partial charge in [-0.1, -0.05) is 26.0 Å². The quantitative estimate of drug-likeness (QED) is 0.661. The first kappa shape index (κ1) is 17.9. The van der Waals surface area contributed by atoms with Crippen molar-refractivity contribution in [2.24, 2.45) is 0 Å². The molecule has 0 aliphatic carbocycles. The summed E-state index contributed by atoms with van der Waals surface area (Å²) >= 11 is 0. The summed E-state index contributed by atoms with van der Waals surface area (Å²) in [5.74, 6) is 1.61. The van der Waals surface area contributed by atoms with Gasteiger partial charge >= 0.3 is 0 Å². The molecule has 2 N–H and O–H groups in total. The molecule has 0 saturated carbocycles. The predicted octanol–water partition coefficient (Wildman–Crippen LogP) is 4.93. The van der Waals surface area contributed by atoms with Crippen molar-refractivity contribution >= 4 is 23.0 Å². The minimum atomic E-state index is -0.258. The van der Waals surface area contributed by atoms with Crippen LogP contribution >= 0.6 is 0 Å². The topological polar surface area (TPSA) is 72.5 Å². The highest BCUT2D eigenvalue weighted by atomic mass is 16.7. The van der Waals surface area contributed by atoms with E-state index in [0.717, 1.165) is 22.8 Å². The number of benzene rings is 2. The number of rotatable bonds is 5. The van der Waals surface area contributed by atoms with E-state index >= 15 is 0 Å². The molecule has 2 heterocycles. The molecule has 6 heteroatoms. The molecule has 0 spiro atoms. The van der Waals surface area contributed by atoms with Crippen LogP contribution < -0.4 is 20.1 Å². The van der Waals surface area contributed by atoms with Crippen LogP contribution in [0.15, 0.2) is 60.8 Å². The van der Waals surface area contributed by atoms with Crippen LogP contribution in [0.1, 0.15) is 35.8 Å². The van der Waals surface area contributed by atoms with Gasteiger partial charge in [0, 0.05) is 29.3 Å². The number of nitrogens with zero attached hydrogens (tertiary/aromatic N) is 1. The number of aromatic nitrogens is 1. The van der Waals surface area contributed by atoms with Crippen molar-refractivity contribution in [1.82, 2.24) is 4.98 Å². The van der Waals surface area contributed by atoms with Crippen LogP contribution in [0.2, 0.25) is 0 Å². The third kappa shape index (κ3) is 3.91. The van der Waals surface area contributed by atoms with E-state index in [1.54, 1.807) is 18.3 Å². The highest BCUT2D eigenvalue weighted by molar-refractivity contribution is 6.03. The second-order valence-electron chi connectivity index (χ2n) is 6.85. The second-order valence-corrected chi connectivity index (χ2v) is 6.85. The molecule has 1 amide bonds. The van der Waals surface area contributed by atoms with Crippen LogP contribution in [0, 0.1) is 0 Å². The lowest BCUT2D eigenvalue weighted by atomic mass is 10.0. The van der Waals surface area contributed by atoms with Crippen LogP contribution in [0.5, 0.6) is 11.5 Å². The monoisotopic (exact) mass is 375 g/mol. The Morgan fingerprint density at radius 2 is 1.64 bits per heavy atom. The molecular formula is C22H21N3O3. The van der Waals surface area contributed by atoms with Crippen molar-refractivity contribution in [2.75, 3.05) is 17.4 Å². The molecule has 0 atom stereocenters. The van der Waals surface area contributed by atoms with Gasteiger partial charge in [-0.05, 0) is 47.9 Å². The highest BCUT2D eigenvalue weighted by Crippen LogP contribution is 2.35. The summed E-state index contributed by atoms with van der Waals surface area (Å²) in [4.78, 5) is 16.7. The van der Waals surface area contributed by atoms with E-state index in [-0.39, 0.29) is 12.7 Å². The lowest BCUT2D eigenvalue weighted by molar-refractivity contribution is 0.102. The Bertz CT molecular complexity index is 1000. The molecule has 0 saturated heterocycles. The van der Waals surface area contributed by atoms with E-state index in [4.69, 9.17) is 9.47 Å². The van der Waals surface area contributed by atoms with E-state index in [2.05, 4.69) is 29.5 Å². The third-order valence-electron chi connectivity index (χ3n) is 4.49. The maximum Gasteiger partial charge on any atom is 0.274 e. The first-order chi connectivity index (χ1) is 13.6. The Balaban J connectivity index is 1.46. The van der Waals surface area contributed by atoms with Crippen LogP contribution in [-0.2, 0) is 0 Å². The van der Waals surface area contributed by atoms with Crippen molar-refractivity contribution in [3.05, 3.63) is 72.1 Å². The summed E-state index contributed by atoms with van der Waals surface area (Å²) in [5, 5.41) is 6.14. The summed E-state index contributed by atoms with van der Waals surface area (Å²) in [7, 11) is 0. The standard InChI is InChI=1S/C22H21N3O3/c1-14(2)15-3-5-16(6-4-15)25-22(26)19-11-18(9-10-23-19)24-17-7-8-20-21(12-17)28-13-27-20/h3-12,14H,13H2,1-2H3,(H,23,24)(H,25,26). The molecule has 4 rings (SSSR count). The molecule has 3 aromatic rings. The first-order valence-electron chi connectivity index (χ1n) is 9.12. The molecule has 0 radical (unpaired) electrons. The molecule has 1 aliphatic rings. The van der Waals surface area contributed by atoms with Crippen LogP contribution in [0.3, 0.4) is 0 Å². The van der Waals surface area contributed by atoms with Crippen molar-refractivity contribution in [2.45, 2.75) is 19.8 Å². The zero-order chi connectivity index (χ0) is 19.5. The Labute approximate surface area is 163 Å². The second kappa shape index (κ2) is 7.60. The Kier molecular flexibility index (Phi) is 4.85. The summed E-state index contributed by atoms with van der Waals surface area (Å²) in [6.45, 7) is 4.50. The van der Waals surface area contributed by atoms with Gasteiger partial charge in [-0.25, -0.2) is 0 Å². The molecule has 142 valence electrons. The van der Waals surface area contributed by atoms with Crippen molar-refractivity contribution < 1.29 is 14.3 Å². The highest BCUT2D eigenvalue weighted by Gasteiger charge is 2.14. The van der Waals surface area contributed by atoms with E-state index in [0.29, 0.717) is 17.4 Å². The molecule has 6 nitrogen and oxygen atoms in total. The van der Waals surface area contributed by atoms with Gasteiger partial charge in [0.05, 0.1) is 0 Å². The van der Waals surface area contributed by atoms with E-state index in [9.17, 15) is 4.79 Å². The SMILES string of the molecule is CC(C)c1ccc(NC(=O)c2cc(Nc3ccc4c(c3)OCO4)ccn2)cc1. The average molecular weight is 375 g/mol. The Morgan fingerprint density at radius 3 is 2.43 bits per heavy atom. The normalized spacial score (nSPS) is 12.1. The molecule has 0 bridgehead atoms. The van der Waals surface area contributed by atoms with Crippen molar-refractivity contribution in [3.8, 4) is 11.5 Å². The van der Waals surface area contributed by atoms with Crippen molar-refractivity contribution in [1.29, 1.82) is 0 Å². The van der Waals surface area contributed by atoms with Gasteiger partial charge in [-0.15, -0.1) is 0 Å². The van der Waals surface area contributed by atoms with Crippen molar-refractivity contribution in [3.63, 3.8) is 0 Å². The number of hydrogen-bond donors (Lipinski definition) is 2. The number of carbonyl (C=O) groups excluding carboxylic acids is 1. The lowest BCUT2D eigenvalue weighted by Gasteiger charge is -2.10. The zero-order valence-corrected chi connectivity index (χ0v) is 15.7.